The highest BCUT2D eigenvalue weighted by atomic mass is 32.1. The van der Waals surface area contributed by atoms with Crippen LogP contribution in [0.15, 0.2) is 91.3 Å². The Labute approximate surface area is 209 Å². The van der Waals surface area contributed by atoms with Gasteiger partial charge in [0.2, 0.25) is 5.91 Å². The van der Waals surface area contributed by atoms with Crippen LogP contribution < -0.4 is 20.3 Å². The lowest BCUT2D eigenvalue weighted by Gasteiger charge is -2.29. The number of aromatic nitrogens is 2. The van der Waals surface area contributed by atoms with Gasteiger partial charge in [-0.3, -0.25) is 9.78 Å². The smallest absolute Gasteiger partial charge is 0.221 e. The standard InChI is InChI=1S/C27H25N5O2S/c1-18(33)29-19-11-13-20(14-12-19)32-26(25(30-27(32)35)23-9-3-4-15-28-23)24-10-6-16-31(24)21-7-5-8-22(17-21)34-2/h3-17,25-26H,1-2H3,(H,29,33)(H,30,35)/t25-,26-/m1/s1. The maximum absolute atomic E-state index is 11.5. The third kappa shape index (κ3) is 4.48. The number of hydrogen-bond acceptors (Lipinski definition) is 4. The number of pyridine rings is 1. The molecule has 35 heavy (non-hydrogen) atoms. The van der Waals surface area contributed by atoms with Crippen molar-refractivity contribution in [1.29, 1.82) is 0 Å². The van der Waals surface area contributed by atoms with Gasteiger partial charge in [0.05, 0.1) is 18.8 Å². The van der Waals surface area contributed by atoms with Crippen LogP contribution in [0.3, 0.4) is 0 Å². The van der Waals surface area contributed by atoms with E-state index in [2.05, 4.69) is 37.2 Å². The number of benzene rings is 2. The van der Waals surface area contributed by atoms with Crippen molar-refractivity contribution in [2.24, 2.45) is 0 Å². The van der Waals surface area contributed by atoms with Crippen molar-refractivity contribution in [3.63, 3.8) is 0 Å². The first-order valence-electron chi connectivity index (χ1n) is 11.2. The molecule has 2 aromatic carbocycles. The molecule has 1 amide bonds. The number of nitrogens with one attached hydrogen (secondary N) is 2. The summed E-state index contributed by atoms with van der Waals surface area (Å²) in [6, 6.07) is 25.3. The Hall–Kier alpha value is -4.17. The monoisotopic (exact) mass is 483 g/mol. The van der Waals surface area contributed by atoms with E-state index >= 15 is 0 Å². The fraction of sp³-hybridized carbons (Fsp3) is 0.148. The van der Waals surface area contributed by atoms with Gasteiger partial charge in [-0.05, 0) is 72.9 Å². The summed E-state index contributed by atoms with van der Waals surface area (Å²) < 4.78 is 7.61. The molecule has 8 heteroatoms. The predicted molar refractivity (Wildman–Crippen MR) is 141 cm³/mol. The summed E-state index contributed by atoms with van der Waals surface area (Å²) in [6.07, 6.45) is 3.84. The molecule has 3 heterocycles. The topological polar surface area (TPSA) is 71.4 Å². The zero-order chi connectivity index (χ0) is 24.4. The van der Waals surface area contributed by atoms with Gasteiger partial charge in [0, 0.05) is 48.1 Å². The molecule has 2 N–H and O–H groups in total. The van der Waals surface area contributed by atoms with Gasteiger partial charge < -0.3 is 24.8 Å². The molecule has 176 valence electrons. The van der Waals surface area contributed by atoms with Gasteiger partial charge in [0.15, 0.2) is 5.11 Å². The Morgan fingerprint density at radius 2 is 1.86 bits per heavy atom. The molecule has 0 saturated carbocycles. The van der Waals surface area contributed by atoms with Gasteiger partial charge in [0.1, 0.15) is 11.8 Å². The number of carbonyl (C=O) groups is 1. The summed E-state index contributed by atoms with van der Waals surface area (Å²) in [5.41, 5.74) is 4.58. The maximum Gasteiger partial charge on any atom is 0.221 e. The highest BCUT2D eigenvalue weighted by molar-refractivity contribution is 7.80. The Morgan fingerprint density at radius 3 is 2.57 bits per heavy atom. The Morgan fingerprint density at radius 1 is 1.03 bits per heavy atom. The zero-order valence-corrected chi connectivity index (χ0v) is 20.2. The number of thiocarbonyl (C=S) groups is 1. The van der Waals surface area contributed by atoms with E-state index in [9.17, 15) is 4.79 Å². The molecule has 2 atom stereocenters. The van der Waals surface area contributed by atoms with Crippen molar-refractivity contribution in [3.05, 3.63) is 103 Å². The highest BCUT2D eigenvalue weighted by Crippen LogP contribution is 2.42. The molecule has 0 unspecified atom stereocenters. The minimum atomic E-state index is -0.176. The van der Waals surface area contributed by atoms with E-state index in [1.165, 1.54) is 6.92 Å². The molecular weight excluding hydrogens is 458 g/mol. The fourth-order valence-corrected chi connectivity index (χ4v) is 4.82. The minimum absolute atomic E-state index is 0.111. The van der Waals surface area contributed by atoms with Crippen LogP contribution in [0.5, 0.6) is 5.75 Å². The molecule has 1 fully saturated rings. The molecule has 4 aromatic rings. The van der Waals surface area contributed by atoms with Crippen molar-refractivity contribution < 1.29 is 9.53 Å². The van der Waals surface area contributed by atoms with Crippen molar-refractivity contribution >= 4 is 34.6 Å². The molecule has 2 aromatic heterocycles. The normalized spacial score (nSPS) is 17.2. The number of methoxy groups -OCH3 is 1. The Kier molecular flexibility index (Phi) is 6.20. The molecule has 0 spiro atoms. The van der Waals surface area contributed by atoms with Gasteiger partial charge in [-0.25, -0.2) is 0 Å². The van der Waals surface area contributed by atoms with E-state index in [4.69, 9.17) is 17.0 Å². The molecule has 7 nitrogen and oxygen atoms in total. The summed E-state index contributed by atoms with van der Waals surface area (Å²) in [5, 5.41) is 6.92. The van der Waals surface area contributed by atoms with Gasteiger partial charge in [0.25, 0.3) is 0 Å². The van der Waals surface area contributed by atoms with E-state index in [1.807, 2.05) is 72.9 Å². The van der Waals surface area contributed by atoms with E-state index in [-0.39, 0.29) is 18.0 Å². The van der Waals surface area contributed by atoms with Gasteiger partial charge in [-0.2, -0.15) is 0 Å². The lowest BCUT2D eigenvalue weighted by Crippen LogP contribution is -2.30. The van der Waals surface area contributed by atoms with Crippen molar-refractivity contribution in [1.82, 2.24) is 14.9 Å². The minimum Gasteiger partial charge on any atom is -0.497 e. The fourth-order valence-electron chi connectivity index (χ4n) is 4.47. The van der Waals surface area contributed by atoms with Crippen molar-refractivity contribution in [3.8, 4) is 11.4 Å². The maximum atomic E-state index is 11.5. The second kappa shape index (κ2) is 9.60. The molecule has 0 aliphatic carbocycles. The van der Waals surface area contributed by atoms with Crippen LogP contribution in [0.4, 0.5) is 11.4 Å². The Balaban J connectivity index is 1.61. The highest BCUT2D eigenvalue weighted by Gasteiger charge is 2.42. The first-order chi connectivity index (χ1) is 17.0. The number of amides is 1. The van der Waals surface area contributed by atoms with Crippen LogP contribution in [0.2, 0.25) is 0 Å². The average Bonchev–Trinajstić information content (AvgIpc) is 3.49. The van der Waals surface area contributed by atoms with Crippen LogP contribution in [0.25, 0.3) is 5.69 Å². The quantitative estimate of drug-likeness (QED) is 0.376. The largest absolute Gasteiger partial charge is 0.497 e. The predicted octanol–water partition coefficient (Wildman–Crippen LogP) is 5.02. The molecule has 1 aliphatic rings. The summed E-state index contributed by atoms with van der Waals surface area (Å²) >= 11 is 5.84. The summed E-state index contributed by atoms with van der Waals surface area (Å²) in [7, 11) is 1.67. The summed E-state index contributed by atoms with van der Waals surface area (Å²) in [4.78, 5) is 18.2. The van der Waals surface area contributed by atoms with Gasteiger partial charge >= 0.3 is 0 Å². The number of ether oxygens (including phenoxy) is 1. The number of nitrogens with zero attached hydrogens (tertiary/aromatic N) is 3. The van der Waals surface area contributed by atoms with Crippen molar-refractivity contribution in [2.45, 2.75) is 19.0 Å². The lowest BCUT2D eigenvalue weighted by molar-refractivity contribution is -0.114. The molecular formula is C27H25N5O2S. The second-order valence-electron chi connectivity index (χ2n) is 8.23. The van der Waals surface area contributed by atoms with Gasteiger partial charge in [-0.1, -0.05) is 12.1 Å². The van der Waals surface area contributed by atoms with Crippen LogP contribution >= 0.6 is 12.2 Å². The summed E-state index contributed by atoms with van der Waals surface area (Å²) in [6.45, 7) is 1.49. The number of carbonyl (C=O) groups excluding carboxylic acids is 1. The molecule has 1 aliphatic heterocycles. The second-order valence-corrected chi connectivity index (χ2v) is 8.62. The van der Waals surface area contributed by atoms with Crippen molar-refractivity contribution in [2.75, 3.05) is 17.3 Å². The number of anilines is 2. The summed E-state index contributed by atoms with van der Waals surface area (Å²) in [5.74, 6) is 0.675. The third-order valence-electron chi connectivity index (χ3n) is 5.98. The molecule has 0 bridgehead atoms. The van der Waals surface area contributed by atoms with E-state index in [0.717, 1.165) is 34.2 Å². The Bertz CT molecular complexity index is 1350. The van der Waals surface area contributed by atoms with Gasteiger partial charge in [-0.15, -0.1) is 0 Å². The third-order valence-corrected chi connectivity index (χ3v) is 6.29. The van der Waals surface area contributed by atoms with E-state index in [1.54, 1.807) is 13.3 Å². The lowest BCUT2D eigenvalue weighted by atomic mass is 10.0. The average molecular weight is 484 g/mol. The van der Waals surface area contributed by atoms with Crippen LogP contribution in [0, 0.1) is 0 Å². The molecule has 0 radical (unpaired) electrons. The number of rotatable bonds is 6. The number of hydrogen-bond donors (Lipinski definition) is 2. The first-order valence-corrected chi connectivity index (χ1v) is 11.7. The molecule has 5 rings (SSSR count). The van der Waals surface area contributed by atoms with Crippen LogP contribution in [-0.4, -0.2) is 27.7 Å². The molecule has 1 saturated heterocycles. The van der Waals surface area contributed by atoms with Crippen LogP contribution in [0.1, 0.15) is 30.4 Å². The van der Waals surface area contributed by atoms with E-state index < -0.39 is 0 Å². The SMILES string of the molecule is COc1cccc(-n2cccc2[C@@H]2[C@@H](c3ccccn3)NC(=S)N2c2ccc(NC(C)=O)cc2)c1. The first kappa shape index (κ1) is 22.6. The zero-order valence-electron chi connectivity index (χ0n) is 19.4. The van der Waals surface area contributed by atoms with E-state index in [0.29, 0.717) is 5.11 Å². The van der Waals surface area contributed by atoms with Crippen LogP contribution in [-0.2, 0) is 4.79 Å².